The van der Waals surface area contributed by atoms with Crippen LogP contribution in [-0.2, 0) is 11.2 Å². The van der Waals surface area contributed by atoms with Crippen LogP contribution in [0.1, 0.15) is 68.0 Å². The highest BCUT2D eigenvalue weighted by Gasteiger charge is 2.48. The number of hydrogen-bond donors (Lipinski definition) is 2. The number of benzene rings is 2. The molecular weight excluding hydrogens is 525 g/mol. The molecule has 1 amide bonds. The maximum atomic E-state index is 15.4. The first kappa shape index (κ1) is 26.5. The van der Waals surface area contributed by atoms with Gasteiger partial charge in [-0.1, -0.05) is 12.1 Å². The largest absolute Gasteiger partial charge is 0.496 e. The fourth-order valence-corrected chi connectivity index (χ4v) is 6.87. The molecular formula is C31H38FN5O4. The van der Waals surface area contributed by atoms with Gasteiger partial charge in [-0.05, 0) is 68.7 Å². The summed E-state index contributed by atoms with van der Waals surface area (Å²) < 4.78 is 29.4. The molecule has 1 saturated carbocycles. The molecule has 3 aromatic rings. The van der Waals surface area contributed by atoms with E-state index in [4.69, 9.17) is 19.7 Å². The minimum atomic E-state index is -1.13. The summed E-state index contributed by atoms with van der Waals surface area (Å²) in [6.45, 7) is 4.26. The molecule has 7 rings (SSSR count). The Morgan fingerprint density at radius 3 is 2.73 bits per heavy atom. The molecule has 0 bridgehead atoms. The number of halogens is 1. The van der Waals surface area contributed by atoms with Crippen molar-refractivity contribution in [3.05, 3.63) is 53.2 Å². The number of ether oxygens (including phenoxy) is 2. The van der Waals surface area contributed by atoms with Crippen LogP contribution in [0.5, 0.6) is 5.75 Å². The number of alkyl halides is 1. The lowest BCUT2D eigenvalue weighted by molar-refractivity contribution is -0.0366. The van der Waals surface area contributed by atoms with Gasteiger partial charge in [0.05, 0.1) is 30.9 Å². The van der Waals surface area contributed by atoms with Gasteiger partial charge in [-0.3, -0.25) is 4.90 Å². The third kappa shape index (κ3) is 4.80. The second kappa shape index (κ2) is 10.2. The molecule has 0 radical (unpaired) electrons. The molecule has 1 aliphatic carbocycles. The Kier molecular flexibility index (Phi) is 6.58. The zero-order chi connectivity index (χ0) is 28.3. The van der Waals surface area contributed by atoms with Crippen molar-refractivity contribution in [2.24, 2.45) is 0 Å². The van der Waals surface area contributed by atoms with Crippen LogP contribution in [0.25, 0.3) is 10.9 Å². The van der Waals surface area contributed by atoms with Gasteiger partial charge in [0.2, 0.25) is 0 Å². The molecule has 3 atom stereocenters. The Labute approximate surface area is 239 Å². The number of hydrogen-bond acceptors (Lipinski definition) is 6. The summed E-state index contributed by atoms with van der Waals surface area (Å²) in [4.78, 5) is 14.9. The standard InChI is InChI=1S/C31H38FN5O4/c1-19-13-24-22(8-9-26-25(24)15-33-37(26)28-5-3-4-12-41-28)29(36(19)18-31(32)10-11-31)23-7-6-20(14-27(23)40-2)34-21-16-35(17-21)30(38)39/h6-9,14-15,19,21,28-29,34H,3-5,10-13,16-18H2,1-2H3,(H,38,39)/t19-,28?,29+/m1/s1. The quantitative estimate of drug-likeness (QED) is 0.400. The van der Waals surface area contributed by atoms with E-state index >= 15 is 4.39 Å². The number of likely N-dealkylation sites (tertiary alicyclic amines) is 1. The normalized spacial score (nSPS) is 25.9. The zero-order valence-corrected chi connectivity index (χ0v) is 23.7. The van der Waals surface area contributed by atoms with Crippen LogP contribution in [0.2, 0.25) is 0 Å². The summed E-state index contributed by atoms with van der Waals surface area (Å²) in [6, 6.07) is 10.4. The minimum absolute atomic E-state index is 0.0349. The van der Waals surface area contributed by atoms with Crippen LogP contribution in [0.3, 0.4) is 0 Å². The van der Waals surface area contributed by atoms with E-state index in [-0.39, 0.29) is 24.4 Å². The van der Waals surface area contributed by atoms with Crippen molar-refractivity contribution in [2.45, 2.75) is 75.5 Å². The van der Waals surface area contributed by atoms with Gasteiger partial charge in [0.1, 0.15) is 11.4 Å². The average molecular weight is 564 g/mol. The van der Waals surface area contributed by atoms with Crippen LogP contribution in [0, 0.1) is 0 Å². The number of anilines is 1. The summed E-state index contributed by atoms with van der Waals surface area (Å²) in [7, 11) is 1.67. The molecule has 1 aromatic heterocycles. The number of nitrogens with one attached hydrogen (secondary N) is 1. The lowest BCUT2D eigenvalue weighted by atomic mass is 9.83. The molecule has 3 fully saturated rings. The second-order valence-electron chi connectivity index (χ2n) is 12.2. The molecule has 2 aromatic carbocycles. The number of amides is 1. The molecule has 2 saturated heterocycles. The van der Waals surface area contributed by atoms with Crippen molar-refractivity contribution in [3.8, 4) is 5.75 Å². The molecule has 9 nitrogen and oxygen atoms in total. The van der Waals surface area contributed by atoms with Gasteiger partial charge in [0.25, 0.3) is 0 Å². The second-order valence-corrected chi connectivity index (χ2v) is 12.2. The Morgan fingerprint density at radius 2 is 2.02 bits per heavy atom. The predicted octanol–water partition coefficient (Wildman–Crippen LogP) is 5.36. The monoisotopic (exact) mass is 563 g/mol. The number of carboxylic acid groups (broad SMARTS) is 1. The summed E-state index contributed by atoms with van der Waals surface area (Å²) in [5.41, 5.74) is 4.25. The Bertz CT molecular complexity index is 1460. The zero-order valence-electron chi connectivity index (χ0n) is 23.7. The lowest BCUT2D eigenvalue weighted by Gasteiger charge is -2.43. The predicted molar refractivity (Wildman–Crippen MR) is 153 cm³/mol. The Morgan fingerprint density at radius 1 is 1.22 bits per heavy atom. The van der Waals surface area contributed by atoms with E-state index in [1.807, 2.05) is 23.0 Å². The van der Waals surface area contributed by atoms with Crippen molar-refractivity contribution in [3.63, 3.8) is 0 Å². The van der Waals surface area contributed by atoms with E-state index in [1.54, 1.807) is 7.11 Å². The maximum absolute atomic E-state index is 15.4. The first-order chi connectivity index (χ1) is 19.8. The molecule has 4 aliphatic rings. The van der Waals surface area contributed by atoms with Gasteiger partial charge in [-0.25, -0.2) is 13.9 Å². The Balaban J connectivity index is 1.26. The molecule has 0 spiro atoms. The van der Waals surface area contributed by atoms with E-state index < -0.39 is 11.8 Å². The number of methoxy groups -OCH3 is 1. The van der Waals surface area contributed by atoms with E-state index in [0.29, 0.717) is 32.5 Å². The van der Waals surface area contributed by atoms with Crippen LogP contribution >= 0.6 is 0 Å². The molecule has 2 N–H and O–H groups in total. The number of rotatable bonds is 7. The van der Waals surface area contributed by atoms with Gasteiger partial charge < -0.3 is 24.8 Å². The van der Waals surface area contributed by atoms with Gasteiger partial charge >= 0.3 is 6.09 Å². The molecule has 4 heterocycles. The van der Waals surface area contributed by atoms with Gasteiger partial charge in [-0.15, -0.1) is 0 Å². The highest BCUT2D eigenvalue weighted by Crippen LogP contribution is 2.48. The van der Waals surface area contributed by atoms with Crippen LogP contribution in [0.15, 0.2) is 36.5 Å². The SMILES string of the molecule is COc1cc(NC2CN(C(=O)O)C2)ccc1[C@@H]1c2ccc3c(cnn3C3CCCCO3)c2C[C@@H](C)N1CC1(F)CC1. The molecule has 3 aliphatic heterocycles. The van der Waals surface area contributed by atoms with E-state index in [0.717, 1.165) is 60.2 Å². The summed E-state index contributed by atoms with van der Waals surface area (Å²) in [6.07, 6.45) is 6.28. The Hall–Kier alpha value is -3.37. The topological polar surface area (TPSA) is 92.1 Å². The number of fused-ring (bicyclic) bond motifs is 3. The van der Waals surface area contributed by atoms with Crippen LogP contribution in [-0.4, -0.2) is 81.9 Å². The van der Waals surface area contributed by atoms with Crippen molar-refractivity contribution in [1.29, 1.82) is 0 Å². The van der Waals surface area contributed by atoms with Crippen molar-refractivity contribution in [1.82, 2.24) is 19.6 Å². The number of carbonyl (C=O) groups is 1. The molecule has 218 valence electrons. The van der Waals surface area contributed by atoms with E-state index in [9.17, 15) is 4.79 Å². The highest BCUT2D eigenvalue weighted by molar-refractivity contribution is 5.84. The first-order valence-electron chi connectivity index (χ1n) is 14.8. The molecule has 41 heavy (non-hydrogen) atoms. The van der Waals surface area contributed by atoms with Gasteiger partial charge in [0.15, 0.2) is 6.23 Å². The summed E-state index contributed by atoms with van der Waals surface area (Å²) in [5.74, 6) is 0.731. The fraction of sp³-hybridized carbons (Fsp3) is 0.548. The number of aromatic nitrogens is 2. The van der Waals surface area contributed by atoms with Crippen molar-refractivity contribution < 1.29 is 23.8 Å². The first-order valence-corrected chi connectivity index (χ1v) is 14.8. The summed E-state index contributed by atoms with van der Waals surface area (Å²) in [5, 5.41) is 18.5. The van der Waals surface area contributed by atoms with Crippen molar-refractivity contribution >= 4 is 22.7 Å². The lowest BCUT2D eigenvalue weighted by Crippen LogP contribution is -2.56. The molecule has 1 unspecified atom stereocenters. The van der Waals surface area contributed by atoms with Crippen LogP contribution in [0.4, 0.5) is 14.9 Å². The fourth-order valence-electron chi connectivity index (χ4n) is 6.87. The minimum Gasteiger partial charge on any atom is -0.496 e. The van der Waals surface area contributed by atoms with E-state index in [1.165, 1.54) is 16.0 Å². The maximum Gasteiger partial charge on any atom is 0.407 e. The average Bonchev–Trinajstić information content (AvgIpc) is 3.51. The summed E-state index contributed by atoms with van der Waals surface area (Å²) >= 11 is 0. The van der Waals surface area contributed by atoms with Crippen molar-refractivity contribution in [2.75, 3.05) is 38.7 Å². The van der Waals surface area contributed by atoms with E-state index in [2.05, 4.69) is 35.3 Å². The smallest absolute Gasteiger partial charge is 0.407 e. The molecule has 10 heteroatoms. The highest BCUT2D eigenvalue weighted by atomic mass is 19.1. The van der Waals surface area contributed by atoms with Crippen LogP contribution < -0.4 is 10.1 Å². The van der Waals surface area contributed by atoms with Gasteiger partial charge in [0, 0.05) is 55.0 Å². The third-order valence-corrected chi connectivity index (χ3v) is 9.36. The third-order valence-electron chi connectivity index (χ3n) is 9.36. The number of nitrogens with zero attached hydrogens (tertiary/aromatic N) is 4. The van der Waals surface area contributed by atoms with Gasteiger partial charge in [-0.2, -0.15) is 5.10 Å².